The van der Waals surface area contributed by atoms with Gasteiger partial charge in [0.15, 0.2) is 0 Å². The van der Waals surface area contributed by atoms with Crippen LogP contribution in [-0.4, -0.2) is 35.1 Å². The molecular weight excluding hydrogens is 409 g/mol. The molecule has 0 radical (unpaired) electrons. The molecule has 1 aromatic carbocycles. The van der Waals surface area contributed by atoms with Gasteiger partial charge in [-0.05, 0) is 17.7 Å². The second-order valence-corrected chi connectivity index (χ2v) is 7.18. The summed E-state index contributed by atoms with van der Waals surface area (Å²) in [7, 11) is 0. The van der Waals surface area contributed by atoms with Gasteiger partial charge in [-0.15, -0.1) is 0 Å². The predicted molar refractivity (Wildman–Crippen MR) is 109 cm³/mol. The van der Waals surface area contributed by atoms with Crippen molar-refractivity contribution >= 4 is 11.7 Å². The molecule has 9 heteroatoms. The van der Waals surface area contributed by atoms with Crippen molar-refractivity contribution in [2.24, 2.45) is 5.73 Å². The number of benzene rings is 1. The summed E-state index contributed by atoms with van der Waals surface area (Å²) in [5.41, 5.74) is 6.76. The monoisotopic (exact) mass is 428 g/mol. The van der Waals surface area contributed by atoms with E-state index >= 15 is 0 Å². The van der Waals surface area contributed by atoms with E-state index in [1.54, 1.807) is 12.3 Å². The number of anilines is 1. The van der Waals surface area contributed by atoms with Crippen LogP contribution in [0.1, 0.15) is 22.3 Å². The minimum atomic E-state index is -4.45. The first-order valence-corrected chi connectivity index (χ1v) is 9.61. The van der Waals surface area contributed by atoms with Crippen molar-refractivity contribution in [3.8, 4) is 17.0 Å². The van der Waals surface area contributed by atoms with E-state index in [4.69, 9.17) is 10.5 Å². The lowest BCUT2D eigenvalue weighted by atomic mass is 10.1. The van der Waals surface area contributed by atoms with Gasteiger partial charge in [0.2, 0.25) is 5.88 Å². The van der Waals surface area contributed by atoms with Crippen molar-refractivity contribution in [1.29, 1.82) is 0 Å². The van der Waals surface area contributed by atoms with Crippen LogP contribution in [0.3, 0.4) is 0 Å². The zero-order valence-corrected chi connectivity index (χ0v) is 16.3. The molecule has 0 aliphatic carbocycles. The summed E-state index contributed by atoms with van der Waals surface area (Å²) in [6, 6.07) is 13.4. The Hall–Kier alpha value is -3.62. The quantitative estimate of drug-likeness (QED) is 0.666. The number of amides is 1. The summed E-state index contributed by atoms with van der Waals surface area (Å²) in [5.74, 6) is -0.0184. The molecule has 1 atom stereocenters. The number of halogens is 3. The van der Waals surface area contributed by atoms with Crippen molar-refractivity contribution in [3.05, 3.63) is 72.1 Å². The third-order valence-corrected chi connectivity index (χ3v) is 5.03. The lowest BCUT2D eigenvalue weighted by Gasteiger charge is -2.20. The maximum Gasteiger partial charge on any atom is 0.417 e. The van der Waals surface area contributed by atoms with E-state index in [-0.39, 0.29) is 12.0 Å². The lowest BCUT2D eigenvalue weighted by molar-refractivity contribution is -0.137. The second-order valence-electron chi connectivity index (χ2n) is 7.18. The molecule has 0 unspecified atom stereocenters. The van der Waals surface area contributed by atoms with E-state index < -0.39 is 17.6 Å². The van der Waals surface area contributed by atoms with Gasteiger partial charge in [0.05, 0.1) is 17.7 Å². The predicted octanol–water partition coefficient (Wildman–Crippen LogP) is 3.92. The molecular formula is C22H19F3N4O2. The Morgan fingerprint density at radius 3 is 2.48 bits per heavy atom. The van der Waals surface area contributed by atoms with Crippen LogP contribution in [-0.2, 0) is 6.18 Å². The van der Waals surface area contributed by atoms with E-state index in [9.17, 15) is 18.0 Å². The smallest absolute Gasteiger partial charge is 0.417 e. The fourth-order valence-electron chi connectivity index (χ4n) is 3.48. The van der Waals surface area contributed by atoms with Crippen LogP contribution in [0.15, 0.2) is 60.9 Å². The second kappa shape index (κ2) is 8.25. The summed E-state index contributed by atoms with van der Waals surface area (Å²) in [6.45, 7) is 0.962. The normalized spacial score (nSPS) is 16.4. The molecule has 3 aromatic rings. The summed E-state index contributed by atoms with van der Waals surface area (Å²) in [4.78, 5) is 22.2. The zero-order valence-electron chi connectivity index (χ0n) is 16.3. The fourth-order valence-corrected chi connectivity index (χ4v) is 3.48. The molecule has 31 heavy (non-hydrogen) atoms. The van der Waals surface area contributed by atoms with E-state index in [0.29, 0.717) is 30.9 Å². The standard InChI is InChI=1S/C22H19F3N4O2/c23-22(24,25)16-6-7-19(27-12-16)31-17-8-9-29(13-17)21-18(20(26)30)10-15(11-28-21)14-4-2-1-3-5-14/h1-7,10-12,17H,8-9,13H2,(H2,26,30)/t17-/m1/s1. The Balaban J connectivity index is 1.49. The van der Waals surface area contributed by atoms with Crippen LogP contribution in [0, 0.1) is 0 Å². The highest BCUT2D eigenvalue weighted by Gasteiger charge is 2.31. The summed E-state index contributed by atoms with van der Waals surface area (Å²) in [6.07, 6.45) is -1.72. The first-order valence-electron chi connectivity index (χ1n) is 9.61. The number of rotatable bonds is 5. The third kappa shape index (κ3) is 4.60. The van der Waals surface area contributed by atoms with Gasteiger partial charge in [-0.3, -0.25) is 4.79 Å². The molecule has 1 saturated heterocycles. The average molecular weight is 428 g/mol. The molecule has 4 rings (SSSR count). The Bertz CT molecular complexity index is 1070. The van der Waals surface area contributed by atoms with Crippen molar-refractivity contribution < 1.29 is 22.7 Å². The fraction of sp³-hybridized carbons (Fsp3) is 0.227. The number of ether oxygens (including phenoxy) is 1. The first kappa shape index (κ1) is 20.6. The number of carbonyl (C=O) groups is 1. The number of alkyl halides is 3. The third-order valence-electron chi connectivity index (χ3n) is 5.03. The molecule has 160 valence electrons. The number of pyridine rings is 2. The molecule has 1 fully saturated rings. The van der Waals surface area contributed by atoms with Gasteiger partial charge in [-0.2, -0.15) is 13.2 Å². The number of primary amides is 1. The Kier molecular flexibility index (Phi) is 5.50. The van der Waals surface area contributed by atoms with Crippen molar-refractivity contribution in [1.82, 2.24) is 9.97 Å². The minimum absolute atomic E-state index is 0.113. The topological polar surface area (TPSA) is 81.3 Å². The summed E-state index contributed by atoms with van der Waals surface area (Å²) in [5, 5.41) is 0. The van der Waals surface area contributed by atoms with Gasteiger partial charge >= 0.3 is 6.18 Å². The Morgan fingerprint density at radius 1 is 1.06 bits per heavy atom. The van der Waals surface area contributed by atoms with Crippen molar-refractivity contribution in [2.75, 3.05) is 18.0 Å². The molecule has 2 aromatic heterocycles. The number of nitrogens with two attached hydrogens (primary N) is 1. The molecule has 1 aliphatic heterocycles. The lowest BCUT2D eigenvalue weighted by Crippen LogP contribution is -2.28. The molecule has 2 N–H and O–H groups in total. The van der Waals surface area contributed by atoms with E-state index in [1.165, 1.54) is 6.07 Å². The molecule has 1 amide bonds. The van der Waals surface area contributed by atoms with Gasteiger partial charge in [-0.25, -0.2) is 9.97 Å². The summed E-state index contributed by atoms with van der Waals surface area (Å²) >= 11 is 0. The van der Waals surface area contributed by atoms with E-state index in [2.05, 4.69) is 9.97 Å². The van der Waals surface area contributed by atoms with Crippen LogP contribution in [0.25, 0.3) is 11.1 Å². The number of hydrogen-bond acceptors (Lipinski definition) is 5. The van der Waals surface area contributed by atoms with Crippen molar-refractivity contribution in [3.63, 3.8) is 0 Å². The SMILES string of the molecule is NC(=O)c1cc(-c2ccccc2)cnc1N1CC[C@@H](Oc2ccc(C(F)(F)F)cn2)C1. The number of nitrogens with zero attached hydrogens (tertiary/aromatic N) is 3. The maximum atomic E-state index is 12.7. The minimum Gasteiger partial charge on any atom is -0.472 e. The van der Waals surface area contributed by atoms with E-state index in [1.807, 2.05) is 35.2 Å². The zero-order chi connectivity index (χ0) is 22.0. The number of hydrogen-bond donors (Lipinski definition) is 1. The van der Waals surface area contributed by atoms with Crippen LogP contribution < -0.4 is 15.4 Å². The Labute approximate surface area is 176 Å². The molecule has 1 aliphatic rings. The molecule has 6 nitrogen and oxygen atoms in total. The highest BCUT2D eigenvalue weighted by molar-refractivity contribution is 5.99. The average Bonchev–Trinajstić information content (AvgIpc) is 3.22. The van der Waals surface area contributed by atoms with Crippen LogP contribution >= 0.6 is 0 Å². The van der Waals surface area contributed by atoms with Crippen molar-refractivity contribution in [2.45, 2.75) is 18.7 Å². The van der Waals surface area contributed by atoms with Gasteiger partial charge < -0.3 is 15.4 Å². The highest BCUT2D eigenvalue weighted by atomic mass is 19.4. The number of carbonyl (C=O) groups excluding carboxylic acids is 1. The van der Waals surface area contributed by atoms with Gasteiger partial charge in [0.1, 0.15) is 11.9 Å². The van der Waals surface area contributed by atoms with E-state index in [0.717, 1.165) is 23.4 Å². The maximum absolute atomic E-state index is 12.7. The van der Waals surface area contributed by atoms with Gasteiger partial charge in [-0.1, -0.05) is 30.3 Å². The van der Waals surface area contributed by atoms with Crippen LogP contribution in [0.2, 0.25) is 0 Å². The first-order chi connectivity index (χ1) is 14.8. The number of aromatic nitrogens is 2. The molecule has 3 heterocycles. The molecule has 0 spiro atoms. The van der Waals surface area contributed by atoms with Gasteiger partial charge in [0.25, 0.3) is 5.91 Å². The van der Waals surface area contributed by atoms with Gasteiger partial charge in [0, 0.05) is 37.0 Å². The van der Waals surface area contributed by atoms with Crippen LogP contribution in [0.4, 0.5) is 19.0 Å². The summed E-state index contributed by atoms with van der Waals surface area (Å²) < 4.78 is 43.7. The Morgan fingerprint density at radius 2 is 1.84 bits per heavy atom. The highest BCUT2D eigenvalue weighted by Crippen LogP contribution is 2.31. The largest absolute Gasteiger partial charge is 0.472 e. The molecule has 0 bridgehead atoms. The van der Waals surface area contributed by atoms with Crippen LogP contribution in [0.5, 0.6) is 5.88 Å². The molecule has 0 saturated carbocycles.